The van der Waals surface area contributed by atoms with Crippen LogP contribution in [0.3, 0.4) is 0 Å². The Labute approximate surface area is 157 Å². The van der Waals surface area contributed by atoms with Crippen LogP contribution in [0.15, 0.2) is 18.3 Å². The van der Waals surface area contributed by atoms with Crippen LogP contribution in [0, 0.1) is 5.92 Å². The molecule has 0 unspecified atom stereocenters. The molecule has 2 N–H and O–H groups in total. The van der Waals surface area contributed by atoms with Crippen LogP contribution in [0.1, 0.15) is 44.6 Å². The molecular formula is C20H33N5O. The highest BCUT2D eigenvalue weighted by atomic mass is 16.2. The molecule has 0 aliphatic carbocycles. The van der Waals surface area contributed by atoms with E-state index in [1.165, 1.54) is 38.8 Å². The van der Waals surface area contributed by atoms with Gasteiger partial charge in [0.05, 0.1) is 0 Å². The Kier molecular flexibility index (Phi) is 7.12. The van der Waals surface area contributed by atoms with Crippen molar-refractivity contribution < 1.29 is 4.79 Å². The number of piperidine rings is 1. The molecule has 0 saturated carbocycles. The maximum absolute atomic E-state index is 12.0. The third-order valence-corrected chi connectivity index (χ3v) is 5.51. The van der Waals surface area contributed by atoms with E-state index in [1.54, 1.807) is 0 Å². The smallest absolute Gasteiger partial charge is 0.315 e. The lowest BCUT2D eigenvalue weighted by molar-refractivity contribution is 0.190. The number of urea groups is 1. The lowest BCUT2D eigenvalue weighted by atomic mass is 9.99. The van der Waals surface area contributed by atoms with Crippen LogP contribution in [0.25, 0.3) is 0 Å². The number of carbonyl (C=O) groups excluding carboxylic acids is 1. The highest BCUT2D eigenvalue weighted by Crippen LogP contribution is 2.18. The van der Waals surface area contributed by atoms with Gasteiger partial charge in [0.15, 0.2) is 0 Å². The highest BCUT2D eigenvalue weighted by Gasteiger charge is 2.15. The van der Waals surface area contributed by atoms with E-state index < -0.39 is 0 Å². The van der Waals surface area contributed by atoms with E-state index in [2.05, 4.69) is 38.4 Å². The van der Waals surface area contributed by atoms with Crippen molar-refractivity contribution in [2.24, 2.45) is 5.92 Å². The molecule has 6 nitrogen and oxygen atoms in total. The largest absolute Gasteiger partial charge is 0.357 e. The van der Waals surface area contributed by atoms with E-state index in [4.69, 9.17) is 0 Å². The van der Waals surface area contributed by atoms with Gasteiger partial charge in [0, 0.05) is 32.4 Å². The van der Waals surface area contributed by atoms with Crippen LogP contribution in [-0.4, -0.2) is 55.2 Å². The monoisotopic (exact) mass is 359 g/mol. The van der Waals surface area contributed by atoms with E-state index >= 15 is 0 Å². The summed E-state index contributed by atoms with van der Waals surface area (Å²) >= 11 is 0. The van der Waals surface area contributed by atoms with Crippen molar-refractivity contribution in [3.63, 3.8) is 0 Å². The molecular weight excluding hydrogens is 326 g/mol. The molecule has 6 heteroatoms. The molecule has 144 valence electrons. The molecule has 0 atom stereocenters. The number of carbonyl (C=O) groups is 1. The fourth-order valence-electron chi connectivity index (χ4n) is 3.72. The zero-order valence-corrected chi connectivity index (χ0v) is 16.0. The van der Waals surface area contributed by atoms with Gasteiger partial charge in [-0.05, 0) is 75.4 Å². The first-order valence-corrected chi connectivity index (χ1v) is 10.1. The van der Waals surface area contributed by atoms with Gasteiger partial charge in [-0.1, -0.05) is 6.92 Å². The zero-order valence-electron chi connectivity index (χ0n) is 16.0. The van der Waals surface area contributed by atoms with Gasteiger partial charge in [-0.25, -0.2) is 9.78 Å². The molecule has 2 aliphatic heterocycles. The van der Waals surface area contributed by atoms with E-state index in [-0.39, 0.29) is 6.03 Å². The lowest BCUT2D eigenvalue weighted by Crippen LogP contribution is -2.38. The van der Waals surface area contributed by atoms with Gasteiger partial charge in [0.25, 0.3) is 0 Å². The molecule has 0 bridgehead atoms. The molecule has 2 saturated heterocycles. The molecule has 1 aromatic heterocycles. The fourth-order valence-corrected chi connectivity index (χ4v) is 3.72. The Morgan fingerprint density at radius 2 is 1.96 bits per heavy atom. The normalized spacial score (nSPS) is 18.9. The third kappa shape index (κ3) is 5.87. The lowest BCUT2D eigenvalue weighted by Gasteiger charge is -2.30. The molecule has 3 heterocycles. The topological polar surface area (TPSA) is 60.5 Å². The van der Waals surface area contributed by atoms with Crippen LogP contribution >= 0.6 is 0 Å². The number of hydrogen-bond donors (Lipinski definition) is 2. The molecule has 2 aliphatic rings. The van der Waals surface area contributed by atoms with Gasteiger partial charge in [0.1, 0.15) is 5.82 Å². The summed E-state index contributed by atoms with van der Waals surface area (Å²) in [5, 5.41) is 5.92. The molecule has 0 radical (unpaired) electrons. The summed E-state index contributed by atoms with van der Waals surface area (Å²) in [6.45, 7) is 9.26. The van der Waals surface area contributed by atoms with Crippen molar-refractivity contribution >= 4 is 11.8 Å². The number of aromatic nitrogens is 1. The van der Waals surface area contributed by atoms with E-state index in [0.29, 0.717) is 6.54 Å². The predicted octanol–water partition coefficient (Wildman–Crippen LogP) is 2.60. The second-order valence-electron chi connectivity index (χ2n) is 7.70. The summed E-state index contributed by atoms with van der Waals surface area (Å²) in [4.78, 5) is 21.3. The Hall–Kier alpha value is -1.82. The van der Waals surface area contributed by atoms with E-state index in [0.717, 1.165) is 49.9 Å². The second-order valence-corrected chi connectivity index (χ2v) is 7.70. The van der Waals surface area contributed by atoms with Gasteiger partial charge in [0.2, 0.25) is 0 Å². The molecule has 2 amide bonds. The maximum Gasteiger partial charge on any atom is 0.315 e. The molecule has 0 spiro atoms. The fraction of sp³-hybridized carbons (Fsp3) is 0.700. The van der Waals surface area contributed by atoms with Crippen LogP contribution in [0.4, 0.5) is 10.6 Å². The first kappa shape index (κ1) is 19.0. The van der Waals surface area contributed by atoms with E-state index in [9.17, 15) is 4.79 Å². The second kappa shape index (κ2) is 9.76. The van der Waals surface area contributed by atoms with Crippen LogP contribution < -0.4 is 15.5 Å². The van der Waals surface area contributed by atoms with Gasteiger partial charge >= 0.3 is 6.03 Å². The van der Waals surface area contributed by atoms with Gasteiger partial charge < -0.3 is 20.4 Å². The van der Waals surface area contributed by atoms with Crippen molar-refractivity contribution in [3.8, 4) is 0 Å². The predicted molar refractivity (Wildman–Crippen MR) is 105 cm³/mol. The minimum absolute atomic E-state index is 0.0863. The summed E-state index contributed by atoms with van der Waals surface area (Å²) in [7, 11) is 0. The standard InChI is InChI=1S/C20H33N5O/c1-17-6-13-24(14-7-17)10-4-8-22-20(26)23-16-18-5-9-21-19(15-18)25-11-2-3-12-25/h5,9,15,17H,2-4,6-8,10-14,16H2,1H3,(H2,22,23,26). The quantitative estimate of drug-likeness (QED) is 0.735. The number of nitrogens with zero attached hydrogens (tertiary/aromatic N) is 3. The number of pyridine rings is 1. The number of anilines is 1. The summed E-state index contributed by atoms with van der Waals surface area (Å²) in [5.74, 6) is 1.90. The molecule has 0 aromatic carbocycles. The van der Waals surface area contributed by atoms with Gasteiger partial charge in [-0.2, -0.15) is 0 Å². The Morgan fingerprint density at radius 3 is 2.73 bits per heavy atom. The highest BCUT2D eigenvalue weighted by molar-refractivity contribution is 5.73. The van der Waals surface area contributed by atoms with Crippen molar-refractivity contribution in [2.45, 2.75) is 45.6 Å². The first-order chi connectivity index (χ1) is 12.7. The Morgan fingerprint density at radius 1 is 1.19 bits per heavy atom. The van der Waals surface area contributed by atoms with Crippen molar-refractivity contribution in [1.29, 1.82) is 0 Å². The van der Waals surface area contributed by atoms with Gasteiger partial charge in [-0.15, -0.1) is 0 Å². The summed E-state index contributed by atoms with van der Waals surface area (Å²) in [6.07, 6.45) is 7.93. The van der Waals surface area contributed by atoms with Crippen LogP contribution in [-0.2, 0) is 6.54 Å². The number of rotatable bonds is 7. The average molecular weight is 360 g/mol. The van der Waals surface area contributed by atoms with Crippen molar-refractivity contribution in [2.75, 3.05) is 44.2 Å². The first-order valence-electron chi connectivity index (χ1n) is 10.1. The SMILES string of the molecule is CC1CCN(CCCNC(=O)NCc2ccnc(N3CCCC3)c2)CC1. The number of hydrogen-bond acceptors (Lipinski definition) is 4. The summed E-state index contributed by atoms with van der Waals surface area (Å²) in [5.41, 5.74) is 1.10. The van der Waals surface area contributed by atoms with E-state index in [1.807, 2.05) is 12.3 Å². The van der Waals surface area contributed by atoms with Crippen molar-refractivity contribution in [3.05, 3.63) is 23.9 Å². The molecule has 3 rings (SSSR count). The molecule has 26 heavy (non-hydrogen) atoms. The number of nitrogens with one attached hydrogen (secondary N) is 2. The minimum atomic E-state index is -0.0863. The van der Waals surface area contributed by atoms with Gasteiger partial charge in [-0.3, -0.25) is 0 Å². The van der Waals surface area contributed by atoms with Crippen LogP contribution in [0.5, 0.6) is 0 Å². The molecule has 1 aromatic rings. The average Bonchev–Trinajstić information content (AvgIpc) is 3.20. The Balaban J connectivity index is 1.31. The van der Waals surface area contributed by atoms with Crippen molar-refractivity contribution in [1.82, 2.24) is 20.5 Å². The number of likely N-dealkylation sites (tertiary alicyclic amines) is 1. The number of amides is 2. The zero-order chi connectivity index (χ0) is 18.2. The Bertz CT molecular complexity index is 565. The minimum Gasteiger partial charge on any atom is -0.357 e. The maximum atomic E-state index is 12.0. The summed E-state index contributed by atoms with van der Waals surface area (Å²) in [6, 6.07) is 3.97. The summed E-state index contributed by atoms with van der Waals surface area (Å²) < 4.78 is 0. The third-order valence-electron chi connectivity index (χ3n) is 5.51. The van der Waals surface area contributed by atoms with Crippen LogP contribution in [0.2, 0.25) is 0 Å². The molecule has 2 fully saturated rings.